The Hall–Kier alpha value is -2.56. The molecule has 0 radical (unpaired) electrons. The summed E-state index contributed by atoms with van der Waals surface area (Å²) >= 11 is 0. The van der Waals surface area contributed by atoms with Gasteiger partial charge >= 0.3 is 0 Å². The van der Waals surface area contributed by atoms with Crippen LogP contribution in [-0.2, 0) is 13.0 Å². The van der Waals surface area contributed by atoms with Crippen LogP contribution in [0.2, 0.25) is 0 Å². The maximum Gasteiger partial charge on any atom is 0.180 e. The molecule has 0 aliphatic carbocycles. The van der Waals surface area contributed by atoms with Crippen LogP contribution in [0.25, 0.3) is 11.0 Å². The predicted molar refractivity (Wildman–Crippen MR) is 79.6 cm³/mol. The van der Waals surface area contributed by atoms with Gasteiger partial charge in [0.05, 0.1) is 5.39 Å². The number of benzene rings is 2. The number of halogens is 1. The van der Waals surface area contributed by atoms with Gasteiger partial charge in [0.25, 0.3) is 0 Å². The fourth-order valence-corrected chi connectivity index (χ4v) is 2.87. The molecule has 0 atom stereocenters. The van der Waals surface area contributed by atoms with E-state index < -0.39 is 0 Å². The van der Waals surface area contributed by atoms with E-state index in [0.29, 0.717) is 17.8 Å². The molecule has 4 nitrogen and oxygen atoms in total. The summed E-state index contributed by atoms with van der Waals surface area (Å²) in [6.07, 6.45) is 0.802. The van der Waals surface area contributed by atoms with E-state index in [2.05, 4.69) is 10.1 Å². The maximum atomic E-state index is 13.3. The van der Waals surface area contributed by atoms with E-state index in [0.717, 1.165) is 35.3 Å². The van der Waals surface area contributed by atoms with Crippen molar-refractivity contribution in [3.8, 4) is 0 Å². The summed E-state index contributed by atoms with van der Waals surface area (Å²) in [5.74, 6) is 0.643. The van der Waals surface area contributed by atoms with E-state index in [1.807, 2.05) is 18.2 Å². The molecule has 2 heterocycles. The summed E-state index contributed by atoms with van der Waals surface area (Å²) in [6, 6.07) is 10.5. The largest absolute Gasteiger partial charge is 0.399 e. The van der Waals surface area contributed by atoms with E-state index in [4.69, 9.17) is 10.3 Å². The van der Waals surface area contributed by atoms with Gasteiger partial charge < -0.3 is 15.2 Å². The average Bonchev–Trinajstić information content (AvgIpc) is 2.89. The number of aromatic nitrogens is 1. The lowest BCUT2D eigenvalue weighted by Crippen LogP contribution is -2.30. The van der Waals surface area contributed by atoms with Gasteiger partial charge in [-0.1, -0.05) is 11.2 Å². The van der Waals surface area contributed by atoms with Gasteiger partial charge in [-0.2, -0.15) is 0 Å². The third kappa shape index (κ3) is 2.01. The minimum atomic E-state index is -0.176. The third-order valence-corrected chi connectivity index (χ3v) is 3.96. The zero-order valence-electron chi connectivity index (χ0n) is 11.3. The number of nitrogen functional groups attached to an aromatic ring is 1. The molecule has 1 aliphatic rings. The number of hydrogen-bond acceptors (Lipinski definition) is 4. The Balaban J connectivity index is 1.72. The molecule has 0 spiro atoms. The zero-order chi connectivity index (χ0) is 14.4. The topological polar surface area (TPSA) is 55.3 Å². The Morgan fingerprint density at radius 1 is 1.14 bits per heavy atom. The van der Waals surface area contributed by atoms with Gasteiger partial charge in [0.2, 0.25) is 0 Å². The lowest BCUT2D eigenvalue weighted by atomic mass is 9.99. The first-order chi connectivity index (χ1) is 10.2. The van der Waals surface area contributed by atoms with Gasteiger partial charge in [-0.05, 0) is 41.8 Å². The van der Waals surface area contributed by atoms with Gasteiger partial charge in [0.1, 0.15) is 5.82 Å². The van der Waals surface area contributed by atoms with Crippen LogP contribution < -0.4 is 10.6 Å². The van der Waals surface area contributed by atoms with Crippen LogP contribution in [0, 0.1) is 5.82 Å². The molecule has 0 fully saturated rings. The van der Waals surface area contributed by atoms with E-state index in [1.165, 1.54) is 6.07 Å². The molecule has 1 aromatic heterocycles. The van der Waals surface area contributed by atoms with Gasteiger partial charge in [-0.3, -0.25) is 0 Å². The lowest BCUT2D eigenvalue weighted by molar-refractivity contribution is 0.453. The van der Waals surface area contributed by atoms with Gasteiger partial charge in [-0.25, -0.2) is 4.39 Å². The first kappa shape index (κ1) is 12.2. The second kappa shape index (κ2) is 4.48. The monoisotopic (exact) mass is 283 g/mol. The number of fused-ring (bicyclic) bond motifs is 2. The number of hydrogen-bond donors (Lipinski definition) is 1. The van der Waals surface area contributed by atoms with Crippen molar-refractivity contribution in [1.82, 2.24) is 5.16 Å². The summed E-state index contributed by atoms with van der Waals surface area (Å²) in [7, 11) is 0. The highest BCUT2D eigenvalue weighted by Crippen LogP contribution is 2.31. The molecule has 2 aromatic carbocycles. The molecule has 2 N–H and O–H groups in total. The Kier molecular flexibility index (Phi) is 2.60. The number of rotatable bonds is 1. The minimum absolute atomic E-state index is 0.176. The first-order valence-corrected chi connectivity index (χ1v) is 6.88. The predicted octanol–water partition coefficient (Wildman–Crippen LogP) is 3.11. The Morgan fingerprint density at radius 2 is 2.05 bits per heavy atom. The van der Waals surface area contributed by atoms with E-state index in [9.17, 15) is 4.39 Å². The molecular weight excluding hydrogens is 269 g/mol. The van der Waals surface area contributed by atoms with Gasteiger partial charge in [0, 0.05) is 24.8 Å². The molecule has 21 heavy (non-hydrogen) atoms. The standard InChI is InChI=1S/C16H14FN3O/c17-12-2-1-11-9-20(6-5-10(11)7-12)16-14-4-3-13(18)8-15(14)21-19-16/h1-4,7-8H,5-6,9,18H2. The van der Waals surface area contributed by atoms with Crippen LogP contribution in [0.3, 0.4) is 0 Å². The summed E-state index contributed by atoms with van der Waals surface area (Å²) < 4.78 is 18.6. The molecule has 4 rings (SSSR count). The summed E-state index contributed by atoms with van der Waals surface area (Å²) in [5.41, 5.74) is 9.30. The van der Waals surface area contributed by atoms with Gasteiger partial charge in [-0.15, -0.1) is 0 Å². The molecule has 0 saturated carbocycles. The molecular formula is C16H14FN3O. The Bertz CT molecular complexity index is 828. The highest BCUT2D eigenvalue weighted by atomic mass is 19.1. The smallest absolute Gasteiger partial charge is 0.180 e. The van der Waals surface area contributed by atoms with Crippen LogP contribution in [0.15, 0.2) is 40.9 Å². The fourth-order valence-electron chi connectivity index (χ4n) is 2.87. The summed E-state index contributed by atoms with van der Waals surface area (Å²) in [5, 5.41) is 5.13. The van der Waals surface area contributed by atoms with Crippen molar-refractivity contribution in [2.75, 3.05) is 17.2 Å². The number of anilines is 2. The Labute approximate surface area is 120 Å². The minimum Gasteiger partial charge on any atom is -0.399 e. The van der Waals surface area contributed by atoms with Crippen molar-refractivity contribution in [2.45, 2.75) is 13.0 Å². The highest BCUT2D eigenvalue weighted by Gasteiger charge is 2.21. The van der Waals surface area contributed by atoms with Crippen LogP contribution in [0.1, 0.15) is 11.1 Å². The van der Waals surface area contributed by atoms with Crippen molar-refractivity contribution in [1.29, 1.82) is 0 Å². The molecule has 0 unspecified atom stereocenters. The molecule has 3 aromatic rings. The average molecular weight is 283 g/mol. The summed E-state index contributed by atoms with van der Waals surface area (Å²) in [6.45, 7) is 1.50. The van der Waals surface area contributed by atoms with Crippen LogP contribution >= 0.6 is 0 Å². The van der Waals surface area contributed by atoms with E-state index in [1.54, 1.807) is 12.1 Å². The molecule has 1 aliphatic heterocycles. The van der Waals surface area contributed by atoms with Crippen LogP contribution in [0.4, 0.5) is 15.9 Å². The SMILES string of the molecule is Nc1ccc2c(N3CCc4cc(F)ccc4C3)noc2c1. The normalized spacial score (nSPS) is 14.4. The van der Waals surface area contributed by atoms with Crippen molar-refractivity contribution < 1.29 is 8.91 Å². The zero-order valence-corrected chi connectivity index (χ0v) is 11.3. The molecule has 0 bridgehead atoms. The second-order valence-electron chi connectivity index (χ2n) is 5.35. The highest BCUT2D eigenvalue weighted by molar-refractivity contribution is 5.90. The molecule has 106 valence electrons. The van der Waals surface area contributed by atoms with E-state index in [-0.39, 0.29) is 5.82 Å². The Morgan fingerprint density at radius 3 is 2.95 bits per heavy atom. The lowest BCUT2D eigenvalue weighted by Gasteiger charge is -2.28. The quantitative estimate of drug-likeness (QED) is 0.697. The summed E-state index contributed by atoms with van der Waals surface area (Å²) in [4.78, 5) is 2.16. The van der Waals surface area contributed by atoms with Crippen molar-refractivity contribution >= 4 is 22.5 Å². The van der Waals surface area contributed by atoms with E-state index >= 15 is 0 Å². The fraction of sp³-hybridized carbons (Fsp3) is 0.188. The van der Waals surface area contributed by atoms with Gasteiger partial charge in [0.15, 0.2) is 11.4 Å². The van der Waals surface area contributed by atoms with Crippen LogP contribution in [-0.4, -0.2) is 11.7 Å². The maximum absolute atomic E-state index is 13.3. The number of nitrogens with zero attached hydrogens (tertiary/aromatic N) is 2. The first-order valence-electron chi connectivity index (χ1n) is 6.88. The second-order valence-corrected chi connectivity index (χ2v) is 5.35. The molecule has 0 amide bonds. The van der Waals surface area contributed by atoms with Crippen molar-refractivity contribution in [2.24, 2.45) is 0 Å². The van der Waals surface area contributed by atoms with Crippen molar-refractivity contribution in [3.05, 3.63) is 53.3 Å². The number of nitrogens with two attached hydrogens (primary N) is 1. The molecule has 0 saturated heterocycles. The van der Waals surface area contributed by atoms with Crippen LogP contribution in [0.5, 0.6) is 0 Å². The molecule has 5 heteroatoms. The third-order valence-electron chi connectivity index (χ3n) is 3.96. The van der Waals surface area contributed by atoms with Crippen molar-refractivity contribution in [3.63, 3.8) is 0 Å².